The zero-order valence-electron chi connectivity index (χ0n) is 17.9. The maximum Gasteiger partial charge on any atom is 0.343 e. The van der Waals surface area contributed by atoms with E-state index in [0.717, 1.165) is 10.8 Å². The summed E-state index contributed by atoms with van der Waals surface area (Å²) in [5, 5.41) is 5.94. The Balaban J connectivity index is 1.64. The minimum Gasteiger partial charge on any atom is -0.497 e. The summed E-state index contributed by atoms with van der Waals surface area (Å²) in [5.74, 6) is 0.270. The molecule has 0 spiro atoms. The first kappa shape index (κ1) is 23.3. The summed E-state index contributed by atoms with van der Waals surface area (Å²) in [6.07, 6.45) is 1.31. The molecule has 0 saturated carbocycles. The Morgan fingerprint density at radius 3 is 2.35 bits per heavy atom. The Labute approximate surface area is 201 Å². The van der Waals surface area contributed by atoms with Crippen molar-refractivity contribution in [2.24, 2.45) is 5.10 Å². The van der Waals surface area contributed by atoms with E-state index in [1.54, 1.807) is 36.4 Å². The molecule has 0 aromatic heterocycles. The fraction of sp³-hybridized carbons (Fsp3) is 0.0400. The lowest BCUT2D eigenvalue weighted by molar-refractivity contribution is 0.0734. The van der Waals surface area contributed by atoms with Crippen molar-refractivity contribution in [1.29, 1.82) is 0 Å². The second kappa shape index (κ2) is 9.94. The summed E-state index contributed by atoms with van der Waals surface area (Å²) in [5.41, 5.74) is 0.777. The number of nitrogens with zero attached hydrogens (tertiary/aromatic N) is 1. The number of hydrogen-bond donors (Lipinski definition) is 1. The molecule has 4 aromatic carbocycles. The predicted octanol–water partition coefficient (Wildman–Crippen LogP) is 5.03. The zero-order valence-corrected chi connectivity index (χ0v) is 19.5. The van der Waals surface area contributed by atoms with E-state index in [4.69, 9.17) is 21.1 Å². The van der Waals surface area contributed by atoms with E-state index in [1.165, 1.54) is 37.6 Å². The van der Waals surface area contributed by atoms with Crippen LogP contribution in [0.25, 0.3) is 10.8 Å². The number of rotatable bonds is 7. The highest BCUT2D eigenvalue weighted by Gasteiger charge is 2.15. The van der Waals surface area contributed by atoms with Crippen molar-refractivity contribution < 1.29 is 22.7 Å². The average Bonchev–Trinajstić information content (AvgIpc) is 2.85. The van der Waals surface area contributed by atoms with Crippen LogP contribution < -0.4 is 14.3 Å². The molecule has 0 atom stereocenters. The first-order chi connectivity index (χ1) is 16.4. The van der Waals surface area contributed by atoms with Crippen molar-refractivity contribution in [3.8, 4) is 11.5 Å². The molecule has 4 aromatic rings. The zero-order chi connectivity index (χ0) is 24.1. The quantitative estimate of drug-likeness (QED) is 0.168. The van der Waals surface area contributed by atoms with Crippen LogP contribution in [0.5, 0.6) is 11.5 Å². The number of methoxy groups -OCH3 is 1. The standard InChI is InChI=1S/C25H19ClN2O5S/c1-32-20-11-6-18(7-12-20)25(29)33-24-15-8-17-4-2-3-5-22(17)23(24)16-27-28-34(30,31)21-13-9-19(26)10-14-21/h2-16,28H,1H3/b27-16-. The maximum atomic E-state index is 12.7. The van der Waals surface area contributed by atoms with E-state index in [1.807, 2.05) is 24.3 Å². The van der Waals surface area contributed by atoms with E-state index in [9.17, 15) is 13.2 Å². The summed E-state index contributed by atoms with van der Waals surface area (Å²) >= 11 is 5.83. The molecule has 4 rings (SSSR count). The molecule has 9 heteroatoms. The Morgan fingerprint density at radius 2 is 1.65 bits per heavy atom. The molecule has 0 saturated heterocycles. The molecular weight excluding hydrogens is 476 g/mol. The lowest BCUT2D eigenvalue weighted by atomic mass is 10.0. The van der Waals surface area contributed by atoms with Gasteiger partial charge in [0, 0.05) is 10.6 Å². The van der Waals surface area contributed by atoms with Crippen molar-refractivity contribution in [2.75, 3.05) is 7.11 Å². The summed E-state index contributed by atoms with van der Waals surface area (Å²) < 4.78 is 35.8. The molecule has 0 fully saturated rings. The monoisotopic (exact) mass is 494 g/mol. The second-order valence-corrected chi connectivity index (χ2v) is 9.22. The van der Waals surface area contributed by atoms with Crippen molar-refractivity contribution in [3.05, 3.63) is 101 Å². The number of fused-ring (bicyclic) bond motifs is 1. The van der Waals surface area contributed by atoms with Gasteiger partial charge in [-0.25, -0.2) is 9.63 Å². The van der Waals surface area contributed by atoms with E-state index in [-0.39, 0.29) is 10.6 Å². The summed E-state index contributed by atoms with van der Waals surface area (Å²) in [4.78, 5) is 14.9. The number of carbonyl (C=O) groups excluding carboxylic acids is 1. The van der Waals surface area contributed by atoms with Gasteiger partial charge in [-0.1, -0.05) is 41.9 Å². The highest BCUT2D eigenvalue weighted by atomic mass is 35.5. The molecule has 1 N–H and O–H groups in total. The second-order valence-electron chi connectivity index (χ2n) is 7.12. The maximum absolute atomic E-state index is 12.7. The number of esters is 1. The minimum atomic E-state index is -3.91. The average molecular weight is 495 g/mol. The van der Waals surface area contributed by atoms with Gasteiger partial charge in [0.2, 0.25) is 0 Å². The third-order valence-corrected chi connectivity index (χ3v) is 6.44. The molecule has 0 aliphatic heterocycles. The number of halogens is 1. The Kier molecular flexibility index (Phi) is 6.81. The minimum absolute atomic E-state index is 0.0122. The molecule has 34 heavy (non-hydrogen) atoms. The van der Waals surface area contributed by atoms with Crippen LogP contribution in [-0.4, -0.2) is 27.7 Å². The molecule has 0 radical (unpaired) electrons. The Hall–Kier alpha value is -3.88. The molecule has 0 aliphatic carbocycles. The van der Waals surface area contributed by atoms with Gasteiger partial charge in [-0.15, -0.1) is 0 Å². The van der Waals surface area contributed by atoms with Gasteiger partial charge in [-0.3, -0.25) is 0 Å². The van der Waals surface area contributed by atoms with Gasteiger partial charge in [-0.05, 0) is 65.4 Å². The SMILES string of the molecule is COc1ccc(C(=O)Oc2ccc3ccccc3c2/C=N\NS(=O)(=O)c2ccc(Cl)cc2)cc1. The van der Waals surface area contributed by atoms with Gasteiger partial charge >= 0.3 is 5.97 Å². The number of ether oxygens (including phenoxy) is 2. The Bertz CT molecular complexity index is 1470. The van der Waals surface area contributed by atoms with Gasteiger partial charge in [0.15, 0.2) is 0 Å². The molecule has 0 amide bonds. The third kappa shape index (κ3) is 5.19. The summed E-state index contributed by atoms with van der Waals surface area (Å²) in [6.45, 7) is 0. The van der Waals surface area contributed by atoms with Gasteiger partial charge < -0.3 is 9.47 Å². The molecule has 0 aliphatic rings. The van der Waals surface area contributed by atoms with Crippen LogP contribution in [0.2, 0.25) is 5.02 Å². The Morgan fingerprint density at radius 1 is 0.941 bits per heavy atom. The van der Waals surface area contributed by atoms with Crippen LogP contribution in [0.4, 0.5) is 0 Å². The summed E-state index contributed by atoms with van der Waals surface area (Å²) in [7, 11) is -2.38. The third-order valence-electron chi connectivity index (χ3n) is 4.95. The highest BCUT2D eigenvalue weighted by molar-refractivity contribution is 7.89. The molecule has 0 heterocycles. The lowest BCUT2D eigenvalue weighted by Gasteiger charge is -2.11. The fourth-order valence-corrected chi connectivity index (χ4v) is 4.13. The summed E-state index contributed by atoms with van der Waals surface area (Å²) in [6, 6.07) is 23.1. The van der Waals surface area contributed by atoms with Crippen LogP contribution in [-0.2, 0) is 10.0 Å². The van der Waals surface area contributed by atoms with Crippen molar-refractivity contribution in [3.63, 3.8) is 0 Å². The molecular formula is C25H19ClN2O5S. The number of hydrazone groups is 1. The van der Waals surface area contributed by atoms with Crippen molar-refractivity contribution in [1.82, 2.24) is 4.83 Å². The van der Waals surface area contributed by atoms with Crippen LogP contribution in [0.3, 0.4) is 0 Å². The molecule has 172 valence electrons. The van der Waals surface area contributed by atoms with Crippen LogP contribution >= 0.6 is 11.6 Å². The van der Waals surface area contributed by atoms with Crippen molar-refractivity contribution >= 4 is 44.6 Å². The molecule has 0 unspecified atom stereocenters. The normalized spacial score (nSPS) is 11.5. The number of hydrogen-bond acceptors (Lipinski definition) is 6. The fourth-order valence-electron chi connectivity index (χ4n) is 3.21. The van der Waals surface area contributed by atoms with Crippen molar-refractivity contribution in [2.45, 2.75) is 4.90 Å². The van der Waals surface area contributed by atoms with Gasteiger partial charge in [-0.2, -0.15) is 13.5 Å². The van der Waals surface area contributed by atoms with E-state index >= 15 is 0 Å². The van der Waals surface area contributed by atoms with Crippen LogP contribution in [0, 0.1) is 0 Å². The smallest absolute Gasteiger partial charge is 0.343 e. The topological polar surface area (TPSA) is 94.1 Å². The van der Waals surface area contributed by atoms with Gasteiger partial charge in [0.05, 0.1) is 23.8 Å². The molecule has 7 nitrogen and oxygen atoms in total. The number of nitrogens with one attached hydrogen (secondary N) is 1. The van der Waals surface area contributed by atoms with Crippen LogP contribution in [0.15, 0.2) is 94.9 Å². The van der Waals surface area contributed by atoms with Gasteiger partial charge in [0.1, 0.15) is 11.5 Å². The first-order valence-corrected chi connectivity index (χ1v) is 11.9. The number of benzene rings is 4. The first-order valence-electron chi connectivity index (χ1n) is 10.1. The van der Waals surface area contributed by atoms with E-state index in [2.05, 4.69) is 9.93 Å². The predicted molar refractivity (Wildman–Crippen MR) is 131 cm³/mol. The number of sulfonamides is 1. The largest absolute Gasteiger partial charge is 0.497 e. The lowest BCUT2D eigenvalue weighted by Crippen LogP contribution is -2.18. The van der Waals surface area contributed by atoms with E-state index in [0.29, 0.717) is 21.9 Å². The van der Waals surface area contributed by atoms with Crippen LogP contribution in [0.1, 0.15) is 15.9 Å². The highest BCUT2D eigenvalue weighted by Crippen LogP contribution is 2.28. The van der Waals surface area contributed by atoms with E-state index < -0.39 is 16.0 Å². The molecule has 0 bridgehead atoms. The number of carbonyl (C=O) groups is 1. The van der Waals surface area contributed by atoms with Gasteiger partial charge in [0.25, 0.3) is 10.0 Å².